The summed E-state index contributed by atoms with van der Waals surface area (Å²) in [7, 11) is 0. The highest BCUT2D eigenvalue weighted by Gasteiger charge is 2.17. The fraction of sp³-hybridized carbons (Fsp3) is 0.444. The zero-order chi connectivity index (χ0) is 10.9. The van der Waals surface area contributed by atoms with Crippen LogP contribution in [0.3, 0.4) is 0 Å². The van der Waals surface area contributed by atoms with Crippen LogP contribution in [0.25, 0.3) is 0 Å². The van der Waals surface area contributed by atoms with Crippen molar-refractivity contribution in [2.24, 2.45) is 0 Å². The van der Waals surface area contributed by atoms with Crippen molar-refractivity contribution in [1.29, 1.82) is 0 Å². The molecule has 1 rings (SSSR count). The van der Waals surface area contributed by atoms with E-state index in [1.807, 2.05) is 13.8 Å². The van der Waals surface area contributed by atoms with Crippen LogP contribution in [0.1, 0.15) is 41.5 Å². The molecule has 0 aliphatic carbocycles. The first-order valence-corrected chi connectivity index (χ1v) is 4.68. The Labute approximate surface area is 87.0 Å². The normalized spacial score (nSPS) is 10.6. The van der Waals surface area contributed by atoms with E-state index in [4.69, 9.17) is 17.3 Å². The lowest BCUT2D eigenvalue weighted by Crippen LogP contribution is -2.11. The Kier molecular flexibility index (Phi) is 3.00. The number of carboxylic acids is 1. The van der Waals surface area contributed by atoms with E-state index in [1.165, 1.54) is 0 Å². The zero-order valence-corrected chi connectivity index (χ0v) is 9.10. The molecule has 0 saturated heterocycles. The first kappa shape index (κ1) is 10.8. The van der Waals surface area contributed by atoms with E-state index >= 15 is 0 Å². The van der Waals surface area contributed by atoms with Gasteiger partial charge in [0.15, 0.2) is 4.77 Å². The van der Waals surface area contributed by atoms with Crippen molar-refractivity contribution in [1.82, 2.24) is 9.97 Å². The molecular formula is C9H12N2O2S. The number of carbonyl (C=O) groups is 1. The second-order valence-electron chi connectivity index (χ2n) is 3.39. The maximum absolute atomic E-state index is 11.0. The number of aromatic nitrogens is 2. The summed E-state index contributed by atoms with van der Waals surface area (Å²) in [6, 6.07) is 0. The van der Waals surface area contributed by atoms with E-state index in [2.05, 4.69) is 9.97 Å². The predicted molar refractivity (Wildman–Crippen MR) is 55.2 cm³/mol. The van der Waals surface area contributed by atoms with E-state index in [9.17, 15) is 4.79 Å². The minimum atomic E-state index is -0.968. The molecule has 0 atom stereocenters. The molecule has 0 aromatic carbocycles. The molecule has 0 aliphatic heterocycles. The van der Waals surface area contributed by atoms with Gasteiger partial charge in [0.2, 0.25) is 0 Å². The highest BCUT2D eigenvalue weighted by molar-refractivity contribution is 7.71. The maximum Gasteiger partial charge on any atom is 0.339 e. The van der Waals surface area contributed by atoms with Crippen molar-refractivity contribution in [2.75, 3.05) is 0 Å². The lowest BCUT2D eigenvalue weighted by molar-refractivity contribution is 0.0693. The largest absolute Gasteiger partial charge is 0.478 e. The minimum Gasteiger partial charge on any atom is -0.478 e. The van der Waals surface area contributed by atoms with Crippen molar-refractivity contribution in [3.05, 3.63) is 21.7 Å². The third-order valence-corrected chi connectivity index (χ3v) is 2.10. The molecule has 76 valence electrons. The van der Waals surface area contributed by atoms with Gasteiger partial charge >= 0.3 is 5.97 Å². The summed E-state index contributed by atoms with van der Waals surface area (Å²) in [6.45, 7) is 5.47. The molecule has 0 bridgehead atoms. The number of nitrogens with zero attached hydrogens (tertiary/aromatic N) is 1. The molecule has 1 aromatic heterocycles. The SMILES string of the molecule is Cc1[nH]c(=S)nc(C(C)C)c1C(=O)O. The van der Waals surface area contributed by atoms with Gasteiger partial charge in [-0.1, -0.05) is 13.8 Å². The molecule has 4 nitrogen and oxygen atoms in total. The van der Waals surface area contributed by atoms with Gasteiger partial charge in [0, 0.05) is 5.69 Å². The summed E-state index contributed by atoms with van der Waals surface area (Å²) >= 11 is 4.89. The third kappa shape index (κ3) is 1.98. The van der Waals surface area contributed by atoms with Gasteiger partial charge in [-0.25, -0.2) is 9.78 Å². The summed E-state index contributed by atoms with van der Waals surface area (Å²) < 4.78 is 0.330. The summed E-state index contributed by atoms with van der Waals surface area (Å²) in [5.74, 6) is -0.916. The Morgan fingerprint density at radius 3 is 2.57 bits per heavy atom. The van der Waals surface area contributed by atoms with E-state index in [0.717, 1.165) is 0 Å². The van der Waals surface area contributed by atoms with Crippen LogP contribution < -0.4 is 0 Å². The maximum atomic E-state index is 11.0. The fourth-order valence-corrected chi connectivity index (χ4v) is 1.55. The number of carboxylic acid groups (broad SMARTS) is 1. The number of rotatable bonds is 2. The molecule has 2 N–H and O–H groups in total. The minimum absolute atomic E-state index is 0.0519. The van der Waals surface area contributed by atoms with E-state index in [1.54, 1.807) is 6.92 Å². The highest BCUT2D eigenvalue weighted by atomic mass is 32.1. The molecule has 0 aliphatic rings. The first-order valence-electron chi connectivity index (χ1n) is 4.27. The second-order valence-corrected chi connectivity index (χ2v) is 3.77. The van der Waals surface area contributed by atoms with Crippen molar-refractivity contribution in [3.63, 3.8) is 0 Å². The Hall–Kier alpha value is -1.23. The van der Waals surface area contributed by atoms with Gasteiger partial charge in [0.1, 0.15) is 5.56 Å². The lowest BCUT2D eigenvalue weighted by Gasteiger charge is -2.10. The molecule has 1 heterocycles. The molecule has 0 fully saturated rings. The Morgan fingerprint density at radius 1 is 1.57 bits per heavy atom. The van der Waals surface area contributed by atoms with Crippen LogP contribution in [0.2, 0.25) is 0 Å². The molecule has 0 amide bonds. The molecule has 0 unspecified atom stereocenters. The summed E-state index contributed by atoms with van der Waals surface area (Å²) in [5, 5.41) is 8.99. The molecular weight excluding hydrogens is 200 g/mol. The Bertz CT molecular complexity index is 423. The molecule has 14 heavy (non-hydrogen) atoms. The van der Waals surface area contributed by atoms with Crippen molar-refractivity contribution in [3.8, 4) is 0 Å². The van der Waals surface area contributed by atoms with Gasteiger partial charge in [-0.3, -0.25) is 0 Å². The smallest absolute Gasteiger partial charge is 0.339 e. The van der Waals surface area contributed by atoms with E-state index in [-0.39, 0.29) is 11.5 Å². The van der Waals surface area contributed by atoms with Crippen LogP contribution in [0.4, 0.5) is 0 Å². The molecule has 0 radical (unpaired) electrons. The second kappa shape index (κ2) is 3.88. The van der Waals surface area contributed by atoms with Crippen molar-refractivity contribution < 1.29 is 9.90 Å². The van der Waals surface area contributed by atoms with Gasteiger partial charge in [0.05, 0.1) is 5.69 Å². The van der Waals surface area contributed by atoms with Gasteiger partial charge < -0.3 is 10.1 Å². The predicted octanol–water partition coefficient (Wildman–Crippen LogP) is 2.27. The number of aromatic carboxylic acids is 1. The average molecular weight is 212 g/mol. The number of aryl methyl sites for hydroxylation is 1. The monoisotopic (exact) mass is 212 g/mol. The van der Waals surface area contributed by atoms with Crippen LogP contribution >= 0.6 is 12.2 Å². The Balaban J connectivity index is 3.52. The van der Waals surface area contributed by atoms with E-state index in [0.29, 0.717) is 16.2 Å². The van der Waals surface area contributed by atoms with Crippen LogP contribution in [-0.4, -0.2) is 21.0 Å². The summed E-state index contributed by atoms with van der Waals surface area (Å²) in [4.78, 5) is 17.7. The van der Waals surface area contributed by atoms with Crippen molar-refractivity contribution >= 4 is 18.2 Å². The van der Waals surface area contributed by atoms with Crippen molar-refractivity contribution in [2.45, 2.75) is 26.7 Å². The molecule has 0 spiro atoms. The third-order valence-electron chi connectivity index (χ3n) is 1.91. The highest BCUT2D eigenvalue weighted by Crippen LogP contribution is 2.18. The Morgan fingerprint density at radius 2 is 2.14 bits per heavy atom. The molecule has 1 aromatic rings. The molecule has 0 saturated carbocycles. The molecule has 5 heteroatoms. The van der Waals surface area contributed by atoms with Crippen LogP contribution in [0, 0.1) is 11.7 Å². The lowest BCUT2D eigenvalue weighted by atomic mass is 10.0. The quantitative estimate of drug-likeness (QED) is 0.738. The number of nitrogens with one attached hydrogen (secondary N) is 1. The van der Waals surface area contributed by atoms with Crippen LogP contribution in [0.5, 0.6) is 0 Å². The van der Waals surface area contributed by atoms with Gasteiger partial charge in [-0.15, -0.1) is 0 Å². The fourth-order valence-electron chi connectivity index (χ4n) is 1.30. The topological polar surface area (TPSA) is 66.0 Å². The summed E-state index contributed by atoms with van der Waals surface area (Å²) in [6.07, 6.45) is 0. The van der Waals surface area contributed by atoms with Gasteiger partial charge in [-0.05, 0) is 25.1 Å². The summed E-state index contributed by atoms with van der Waals surface area (Å²) in [5.41, 5.74) is 1.33. The van der Waals surface area contributed by atoms with Gasteiger partial charge in [0.25, 0.3) is 0 Å². The number of H-pyrrole nitrogens is 1. The number of aromatic amines is 1. The van der Waals surface area contributed by atoms with E-state index < -0.39 is 5.97 Å². The number of hydrogen-bond acceptors (Lipinski definition) is 3. The first-order chi connectivity index (χ1) is 6.43. The average Bonchev–Trinajstić information content (AvgIpc) is 2.01. The van der Waals surface area contributed by atoms with Gasteiger partial charge in [-0.2, -0.15) is 0 Å². The standard InChI is InChI=1S/C9H12N2O2S/c1-4(2)7-6(8(12)13)5(3)10-9(14)11-7/h4H,1-3H3,(H,12,13)(H,10,11,14). The van der Waals surface area contributed by atoms with Crippen LogP contribution in [-0.2, 0) is 0 Å². The zero-order valence-electron chi connectivity index (χ0n) is 8.29. The van der Waals surface area contributed by atoms with Crippen LogP contribution in [0.15, 0.2) is 0 Å². The number of hydrogen-bond donors (Lipinski definition) is 2.